The van der Waals surface area contributed by atoms with Crippen LogP contribution >= 0.6 is 0 Å². The number of piperidine rings is 1. The van der Waals surface area contributed by atoms with Gasteiger partial charge in [0.25, 0.3) is 0 Å². The highest BCUT2D eigenvalue weighted by Gasteiger charge is 2.19. The van der Waals surface area contributed by atoms with Crippen molar-refractivity contribution in [3.63, 3.8) is 0 Å². The molecule has 1 aliphatic rings. The predicted octanol–water partition coefficient (Wildman–Crippen LogP) is 2.30. The first-order valence-corrected chi connectivity index (χ1v) is 6.78. The van der Waals surface area contributed by atoms with Crippen molar-refractivity contribution in [1.82, 2.24) is 4.90 Å². The second kappa shape index (κ2) is 6.02. The van der Waals surface area contributed by atoms with Gasteiger partial charge in [0.05, 0.1) is 6.10 Å². The molecule has 19 heavy (non-hydrogen) atoms. The third-order valence-electron chi connectivity index (χ3n) is 3.44. The number of nitrogens with zero attached hydrogens (tertiary/aromatic N) is 1. The van der Waals surface area contributed by atoms with Crippen LogP contribution in [-0.2, 0) is 4.79 Å². The third kappa shape index (κ3) is 3.93. The second-order valence-corrected chi connectivity index (χ2v) is 5.31. The van der Waals surface area contributed by atoms with E-state index >= 15 is 0 Å². The molecular weight excluding hydrogens is 238 g/mol. The summed E-state index contributed by atoms with van der Waals surface area (Å²) in [6.07, 6.45) is 4.62. The average Bonchev–Trinajstić information content (AvgIpc) is 2.36. The zero-order valence-corrected chi connectivity index (χ0v) is 11.6. The highest BCUT2D eigenvalue weighted by Crippen LogP contribution is 2.13. The number of aliphatic hydroxyl groups excluding tert-OH is 1. The number of rotatable bonds is 2. The molecule has 0 unspecified atom stereocenters. The Kier molecular flexibility index (Phi) is 4.38. The number of hydrogen-bond acceptors (Lipinski definition) is 2. The highest BCUT2D eigenvalue weighted by molar-refractivity contribution is 5.91. The maximum Gasteiger partial charge on any atom is 0.246 e. The lowest BCUT2D eigenvalue weighted by Gasteiger charge is -2.28. The second-order valence-electron chi connectivity index (χ2n) is 5.31. The van der Waals surface area contributed by atoms with Crippen LogP contribution in [0.2, 0.25) is 0 Å². The highest BCUT2D eigenvalue weighted by atomic mass is 16.3. The molecule has 0 spiro atoms. The molecule has 0 radical (unpaired) electrons. The molecule has 0 saturated carbocycles. The fourth-order valence-corrected chi connectivity index (χ4v) is 2.47. The van der Waals surface area contributed by atoms with Gasteiger partial charge >= 0.3 is 0 Å². The van der Waals surface area contributed by atoms with Crippen LogP contribution in [0.1, 0.15) is 29.5 Å². The molecule has 0 aromatic heterocycles. The standard InChI is InChI=1S/C16H21NO2/c1-12-9-13(2)11-14(10-12)3-4-16(19)17-7-5-15(18)6-8-17/h3-4,9-11,15,18H,5-8H2,1-2H3/b4-3+. The maximum atomic E-state index is 12.0. The predicted molar refractivity (Wildman–Crippen MR) is 76.8 cm³/mol. The van der Waals surface area contributed by atoms with E-state index in [1.54, 1.807) is 11.0 Å². The maximum absolute atomic E-state index is 12.0. The minimum absolute atomic E-state index is 0.0334. The lowest BCUT2D eigenvalue weighted by Crippen LogP contribution is -2.39. The first kappa shape index (κ1) is 13.8. The summed E-state index contributed by atoms with van der Waals surface area (Å²) >= 11 is 0. The van der Waals surface area contributed by atoms with Gasteiger partial charge < -0.3 is 10.0 Å². The number of carbonyl (C=O) groups is 1. The van der Waals surface area contributed by atoms with Gasteiger partial charge in [0.1, 0.15) is 0 Å². The fraction of sp³-hybridized carbons (Fsp3) is 0.438. The van der Waals surface area contributed by atoms with E-state index in [-0.39, 0.29) is 12.0 Å². The van der Waals surface area contributed by atoms with Gasteiger partial charge in [-0.05, 0) is 38.3 Å². The minimum atomic E-state index is -0.243. The number of aliphatic hydroxyl groups is 1. The Balaban J connectivity index is 1.99. The summed E-state index contributed by atoms with van der Waals surface area (Å²) in [5, 5.41) is 9.42. The van der Waals surface area contributed by atoms with Gasteiger partial charge in [-0.15, -0.1) is 0 Å². The quantitative estimate of drug-likeness (QED) is 0.828. The first-order chi connectivity index (χ1) is 9.04. The van der Waals surface area contributed by atoms with Gasteiger partial charge in [-0.2, -0.15) is 0 Å². The van der Waals surface area contributed by atoms with Crippen molar-refractivity contribution in [3.05, 3.63) is 41.0 Å². The van der Waals surface area contributed by atoms with Gasteiger partial charge in [0.2, 0.25) is 5.91 Å². The normalized spacial score (nSPS) is 17.1. The molecule has 1 amide bonds. The first-order valence-electron chi connectivity index (χ1n) is 6.78. The zero-order valence-electron chi connectivity index (χ0n) is 11.6. The Hall–Kier alpha value is -1.61. The summed E-state index contributed by atoms with van der Waals surface area (Å²) in [5.74, 6) is 0.0334. The molecule has 3 heteroatoms. The average molecular weight is 259 g/mol. The van der Waals surface area contributed by atoms with Gasteiger partial charge in [-0.1, -0.05) is 29.3 Å². The number of benzene rings is 1. The fourth-order valence-electron chi connectivity index (χ4n) is 2.47. The molecule has 1 fully saturated rings. The molecule has 1 aliphatic heterocycles. The van der Waals surface area contributed by atoms with Crippen molar-refractivity contribution in [3.8, 4) is 0 Å². The van der Waals surface area contributed by atoms with Gasteiger partial charge in [0, 0.05) is 19.2 Å². The Morgan fingerprint density at radius 2 is 1.79 bits per heavy atom. The zero-order chi connectivity index (χ0) is 13.8. The molecule has 1 aromatic rings. The Bertz CT molecular complexity index is 465. The number of aryl methyl sites for hydroxylation is 2. The van der Waals surface area contributed by atoms with Crippen molar-refractivity contribution >= 4 is 12.0 Å². The van der Waals surface area contributed by atoms with Crippen molar-refractivity contribution in [2.45, 2.75) is 32.8 Å². The van der Waals surface area contributed by atoms with E-state index in [2.05, 4.69) is 32.0 Å². The number of amides is 1. The van der Waals surface area contributed by atoms with Gasteiger partial charge in [-0.3, -0.25) is 4.79 Å². The van der Waals surface area contributed by atoms with E-state index < -0.39 is 0 Å². The molecule has 0 bridgehead atoms. The van der Waals surface area contributed by atoms with Crippen LogP contribution in [0, 0.1) is 13.8 Å². The Labute approximate surface area is 114 Å². The number of likely N-dealkylation sites (tertiary alicyclic amines) is 1. The molecule has 1 N–H and O–H groups in total. The van der Waals surface area contributed by atoms with Gasteiger partial charge in [-0.25, -0.2) is 0 Å². The van der Waals surface area contributed by atoms with Crippen LogP contribution in [0.3, 0.4) is 0 Å². The van der Waals surface area contributed by atoms with E-state index in [0.717, 1.165) is 5.56 Å². The molecule has 0 atom stereocenters. The van der Waals surface area contributed by atoms with Crippen molar-refractivity contribution in [1.29, 1.82) is 0 Å². The molecule has 1 heterocycles. The lowest BCUT2D eigenvalue weighted by molar-refractivity contribution is -0.127. The number of carbonyl (C=O) groups excluding carboxylic acids is 1. The van der Waals surface area contributed by atoms with E-state index in [1.165, 1.54) is 11.1 Å². The van der Waals surface area contributed by atoms with E-state index in [4.69, 9.17) is 0 Å². The summed E-state index contributed by atoms with van der Waals surface area (Å²) in [4.78, 5) is 13.8. The molecule has 1 saturated heterocycles. The van der Waals surface area contributed by atoms with Crippen LogP contribution < -0.4 is 0 Å². The molecule has 2 rings (SSSR count). The monoisotopic (exact) mass is 259 g/mol. The summed E-state index contributed by atoms with van der Waals surface area (Å²) < 4.78 is 0. The van der Waals surface area contributed by atoms with Crippen LogP contribution in [0.5, 0.6) is 0 Å². The van der Waals surface area contributed by atoms with E-state index in [1.807, 2.05) is 6.08 Å². The van der Waals surface area contributed by atoms with E-state index in [0.29, 0.717) is 25.9 Å². The molecule has 102 valence electrons. The SMILES string of the molecule is Cc1cc(C)cc(/C=C/C(=O)N2CCC(O)CC2)c1. The summed E-state index contributed by atoms with van der Waals surface area (Å²) in [5.41, 5.74) is 3.46. The van der Waals surface area contributed by atoms with E-state index in [9.17, 15) is 9.90 Å². The Morgan fingerprint density at radius 1 is 1.21 bits per heavy atom. The topological polar surface area (TPSA) is 40.5 Å². The van der Waals surface area contributed by atoms with Crippen molar-refractivity contribution < 1.29 is 9.90 Å². The molecular formula is C16H21NO2. The molecule has 3 nitrogen and oxygen atoms in total. The third-order valence-corrected chi connectivity index (χ3v) is 3.44. The Morgan fingerprint density at radius 3 is 2.37 bits per heavy atom. The van der Waals surface area contributed by atoms with Crippen molar-refractivity contribution in [2.75, 3.05) is 13.1 Å². The molecule has 1 aromatic carbocycles. The largest absolute Gasteiger partial charge is 0.393 e. The van der Waals surface area contributed by atoms with Gasteiger partial charge in [0.15, 0.2) is 0 Å². The number of hydrogen-bond donors (Lipinski definition) is 1. The lowest BCUT2D eigenvalue weighted by atomic mass is 10.1. The van der Waals surface area contributed by atoms with Crippen LogP contribution in [-0.4, -0.2) is 35.1 Å². The minimum Gasteiger partial charge on any atom is -0.393 e. The van der Waals surface area contributed by atoms with Crippen LogP contribution in [0.4, 0.5) is 0 Å². The smallest absolute Gasteiger partial charge is 0.246 e. The molecule has 0 aliphatic carbocycles. The summed E-state index contributed by atoms with van der Waals surface area (Å²) in [6.45, 7) is 5.41. The summed E-state index contributed by atoms with van der Waals surface area (Å²) in [6, 6.07) is 6.25. The van der Waals surface area contributed by atoms with Crippen molar-refractivity contribution in [2.24, 2.45) is 0 Å². The summed E-state index contributed by atoms with van der Waals surface area (Å²) in [7, 11) is 0. The van der Waals surface area contributed by atoms with Crippen LogP contribution in [0.15, 0.2) is 24.3 Å². The van der Waals surface area contributed by atoms with Crippen LogP contribution in [0.25, 0.3) is 6.08 Å².